The number of benzene rings is 2. The van der Waals surface area contributed by atoms with Crippen molar-refractivity contribution in [3.8, 4) is 5.75 Å². The molecule has 0 fully saturated rings. The number of methoxy groups -OCH3 is 1. The Hall–Kier alpha value is -2.64. The Kier molecular flexibility index (Phi) is 8.03. The first-order valence-electron chi connectivity index (χ1n) is 8.35. The first-order valence-corrected chi connectivity index (χ1v) is 9.14. The smallest absolute Gasteiger partial charge is 0.267 e. The fraction of sp³-hybridized carbons (Fsp3) is 0.200. The van der Waals surface area contributed by atoms with Gasteiger partial charge in [0, 0.05) is 23.2 Å². The number of halogens is 1. The van der Waals surface area contributed by atoms with E-state index in [9.17, 15) is 9.59 Å². The van der Waals surface area contributed by atoms with Crippen molar-refractivity contribution in [1.82, 2.24) is 10.6 Å². The van der Waals surface area contributed by atoms with Crippen molar-refractivity contribution in [3.63, 3.8) is 0 Å². The molecule has 142 valence electrons. The van der Waals surface area contributed by atoms with E-state index < -0.39 is 11.8 Å². The zero-order chi connectivity index (χ0) is 19.6. The molecular formula is C20H21BrN2O4. The largest absolute Gasteiger partial charge is 0.497 e. The minimum absolute atomic E-state index is 0.0256. The number of rotatable bonds is 8. The molecule has 0 saturated carbocycles. The average Bonchev–Trinajstić information content (AvgIpc) is 2.68. The molecule has 0 atom stereocenters. The molecule has 0 saturated heterocycles. The Morgan fingerprint density at radius 1 is 1.19 bits per heavy atom. The summed E-state index contributed by atoms with van der Waals surface area (Å²) in [6.07, 6.45) is 2.02. The Labute approximate surface area is 166 Å². The molecule has 0 radical (unpaired) electrons. The second-order valence-electron chi connectivity index (χ2n) is 5.63. The number of hydrogen-bond donors (Lipinski definition) is 3. The van der Waals surface area contributed by atoms with Crippen LogP contribution in [0.3, 0.4) is 0 Å². The standard InChI is InChI=1S/C20H21BrN2O4/c1-27-17-8-6-14(7-9-17)12-18(20(26)22-10-3-11-24)23-19(25)15-4-2-5-16(21)13-15/h2,4-9,12-13,24H,3,10-11H2,1H3,(H,22,26)(H,23,25). The molecule has 0 aliphatic carbocycles. The molecule has 0 heterocycles. The molecule has 0 aliphatic rings. The predicted molar refractivity (Wildman–Crippen MR) is 107 cm³/mol. The summed E-state index contributed by atoms with van der Waals surface area (Å²) in [4.78, 5) is 25.0. The molecule has 0 aromatic heterocycles. The fourth-order valence-electron chi connectivity index (χ4n) is 2.23. The van der Waals surface area contributed by atoms with Gasteiger partial charge in [0.05, 0.1) is 7.11 Å². The van der Waals surface area contributed by atoms with Gasteiger partial charge in [0.25, 0.3) is 11.8 Å². The molecule has 2 aromatic carbocycles. The van der Waals surface area contributed by atoms with Crippen LogP contribution in [0.5, 0.6) is 5.75 Å². The summed E-state index contributed by atoms with van der Waals surface area (Å²) in [5.41, 5.74) is 1.27. The Bertz CT molecular complexity index is 819. The highest BCUT2D eigenvalue weighted by Gasteiger charge is 2.14. The highest BCUT2D eigenvalue weighted by molar-refractivity contribution is 9.10. The van der Waals surface area contributed by atoms with Crippen LogP contribution in [0.1, 0.15) is 22.3 Å². The third kappa shape index (κ3) is 6.54. The van der Waals surface area contributed by atoms with Crippen LogP contribution in [0.2, 0.25) is 0 Å². The van der Waals surface area contributed by atoms with Gasteiger partial charge >= 0.3 is 0 Å². The van der Waals surface area contributed by atoms with E-state index >= 15 is 0 Å². The van der Waals surface area contributed by atoms with Crippen molar-refractivity contribution in [2.45, 2.75) is 6.42 Å². The fourth-order valence-corrected chi connectivity index (χ4v) is 2.62. The zero-order valence-electron chi connectivity index (χ0n) is 14.9. The third-order valence-corrected chi connectivity index (χ3v) is 4.12. The summed E-state index contributed by atoms with van der Waals surface area (Å²) < 4.78 is 5.89. The highest BCUT2D eigenvalue weighted by atomic mass is 79.9. The average molecular weight is 433 g/mol. The molecule has 7 heteroatoms. The maximum atomic E-state index is 12.5. The summed E-state index contributed by atoms with van der Waals surface area (Å²) in [5.74, 6) is -0.129. The van der Waals surface area contributed by atoms with Crippen molar-refractivity contribution in [3.05, 3.63) is 69.8 Å². The number of aliphatic hydroxyl groups is 1. The molecule has 2 rings (SSSR count). The lowest BCUT2D eigenvalue weighted by Crippen LogP contribution is -2.35. The molecule has 2 amide bonds. The van der Waals surface area contributed by atoms with Gasteiger partial charge in [-0.1, -0.05) is 34.1 Å². The summed E-state index contributed by atoms with van der Waals surface area (Å²) in [7, 11) is 1.57. The normalized spacial score (nSPS) is 11.0. The molecule has 0 spiro atoms. The number of hydrogen-bond acceptors (Lipinski definition) is 4. The molecule has 0 bridgehead atoms. The van der Waals surface area contributed by atoms with E-state index in [0.717, 1.165) is 10.0 Å². The van der Waals surface area contributed by atoms with Crippen LogP contribution in [0.4, 0.5) is 0 Å². The quantitative estimate of drug-likeness (QED) is 0.442. The van der Waals surface area contributed by atoms with E-state index in [1.54, 1.807) is 55.7 Å². The van der Waals surface area contributed by atoms with Crippen molar-refractivity contribution in [1.29, 1.82) is 0 Å². The molecule has 0 unspecified atom stereocenters. The first kappa shape index (κ1) is 20.7. The van der Waals surface area contributed by atoms with Gasteiger partial charge in [-0.2, -0.15) is 0 Å². The summed E-state index contributed by atoms with van der Waals surface area (Å²) in [6, 6.07) is 14.0. The van der Waals surface area contributed by atoms with E-state index in [0.29, 0.717) is 24.3 Å². The van der Waals surface area contributed by atoms with Crippen molar-refractivity contribution in [2.24, 2.45) is 0 Å². The van der Waals surface area contributed by atoms with Crippen LogP contribution in [-0.4, -0.2) is 37.2 Å². The van der Waals surface area contributed by atoms with Gasteiger partial charge in [-0.3, -0.25) is 9.59 Å². The van der Waals surface area contributed by atoms with Crippen LogP contribution in [0.25, 0.3) is 6.08 Å². The van der Waals surface area contributed by atoms with Gasteiger partial charge in [-0.15, -0.1) is 0 Å². The van der Waals surface area contributed by atoms with Gasteiger partial charge in [0.15, 0.2) is 0 Å². The molecule has 6 nitrogen and oxygen atoms in total. The van der Waals surface area contributed by atoms with E-state index in [1.165, 1.54) is 0 Å². The number of nitrogens with one attached hydrogen (secondary N) is 2. The van der Waals surface area contributed by atoms with Crippen LogP contribution < -0.4 is 15.4 Å². The highest BCUT2D eigenvalue weighted by Crippen LogP contribution is 2.15. The van der Waals surface area contributed by atoms with Gasteiger partial charge < -0.3 is 20.5 Å². The number of carbonyl (C=O) groups is 2. The second-order valence-corrected chi connectivity index (χ2v) is 6.54. The lowest BCUT2D eigenvalue weighted by atomic mass is 10.1. The lowest BCUT2D eigenvalue weighted by molar-refractivity contribution is -0.117. The van der Waals surface area contributed by atoms with Crippen LogP contribution in [0.15, 0.2) is 58.7 Å². The van der Waals surface area contributed by atoms with Crippen molar-refractivity contribution < 1.29 is 19.4 Å². The topological polar surface area (TPSA) is 87.7 Å². The third-order valence-electron chi connectivity index (χ3n) is 3.63. The Morgan fingerprint density at radius 2 is 1.93 bits per heavy atom. The summed E-state index contributed by atoms with van der Waals surface area (Å²) >= 11 is 3.33. The van der Waals surface area contributed by atoms with E-state index in [1.807, 2.05) is 6.07 Å². The first-order chi connectivity index (χ1) is 13.0. The lowest BCUT2D eigenvalue weighted by Gasteiger charge is -2.11. The molecule has 2 aromatic rings. The van der Waals surface area contributed by atoms with Gasteiger partial charge in [0.2, 0.25) is 0 Å². The number of ether oxygens (including phenoxy) is 1. The maximum Gasteiger partial charge on any atom is 0.267 e. The summed E-state index contributed by atoms with van der Waals surface area (Å²) in [6.45, 7) is 0.282. The molecule has 3 N–H and O–H groups in total. The van der Waals surface area contributed by atoms with Gasteiger partial charge in [-0.25, -0.2) is 0 Å². The van der Waals surface area contributed by atoms with E-state index in [2.05, 4.69) is 26.6 Å². The maximum absolute atomic E-state index is 12.5. The minimum Gasteiger partial charge on any atom is -0.497 e. The molecule has 27 heavy (non-hydrogen) atoms. The van der Waals surface area contributed by atoms with Crippen LogP contribution >= 0.6 is 15.9 Å². The monoisotopic (exact) mass is 432 g/mol. The zero-order valence-corrected chi connectivity index (χ0v) is 16.5. The Balaban J connectivity index is 2.23. The SMILES string of the molecule is COc1ccc(C=C(NC(=O)c2cccc(Br)c2)C(=O)NCCCO)cc1. The Morgan fingerprint density at radius 3 is 2.56 bits per heavy atom. The number of amides is 2. The molecular weight excluding hydrogens is 412 g/mol. The second kappa shape index (κ2) is 10.5. The van der Waals surface area contributed by atoms with Gasteiger partial charge in [-0.05, 0) is 48.4 Å². The van der Waals surface area contributed by atoms with Gasteiger partial charge in [0.1, 0.15) is 11.4 Å². The number of aliphatic hydroxyl groups excluding tert-OH is 1. The van der Waals surface area contributed by atoms with Crippen LogP contribution in [0, 0.1) is 0 Å². The molecule has 0 aliphatic heterocycles. The van der Waals surface area contributed by atoms with E-state index in [4.69, 9.17) is 9.84 Å². The van der Waals surface area contributed by atoms with Crippen molar-refractivity contribution in [2.75, 3.05) is 20.3 Å². The van der Waals surface area contributed by atoms with E-state index in [-0.39, 0.29) is 12.3 Å². The van der Waals surface area contributed by atoms with Crippen molar-refractivity contribution >= 4 is 33.8 Å². The summed E-state index contributed by atoms with van der Waals surface area (Å²) in [5, 5.41) is 14.2. The van der Waals surface area contributed by atoms with Crippen LogP contribution in [-0.2, 0) is 4.79 Å². The predicted octanol–water partition coefficient (Wildman–Crippen LogP) is 2.73. The number of carbonyl (C=O) groups excluding carboxylic acids is 2. The minimum atomic E-state index is -0.428.